The van der Waals surface area contributed by atoms with Gasteiger partial charge >= 0.3 is 0 Å². The Bertz CT molecular complexity index is 435. The van der Waals surface area contributed by atoms with Gasteiger partial charge in [-0.25, -0.2) is 0 Å². The number of carbonyl (C=O) groups is 1. The molecule has 1 aromatic carbocycles. The average molecular weight is 217 g/mol. The summed E-state index contributed by atoms with van der Waals surface area (Å²) in [5.41, 5.74) is 2.63. The lowest BCUT2D eigenvalue weighted by Gasteiger charge is -2.18. The van der Waals surface area contributed by atoms with E-state index >= 15 is 0 Å². The Morgan fingerprint density at radius 3 is 2.88 bits per heavy atom. The van der Waals surface area contributed by atoms with Gasteiger partial charge < -0.3 is 10.1 Å². The molecule has 0 unspecified atom stereocenters. The van der Waals surface area contributed by atoms with Crippen molar-refractivity contribution in [1.82, 2.24) is 5.32 Å². The van der Waals surface area contributed by atoms with E-state index in [0.717, 1.165) is 11.1 Å². The molecule has 0 aliphatic carbocycles. The molecule has 0 radical (unpaired) electrons. The molecule has 1 aliphatic heterocycles. The molecule has 0 bridgehead atoms. The number of ether oxygens (including phenoxy) is 1. The maximum Gasteiger partial charge on any atom is 0.255 e. The molecule has 1 amide bonds. The van der Waals surface area contributed by atoms with Crippen LogP contribution in [0.1, 0.15) is 25.0 Å². The summed E-state index contributed by atoms with van der Waals surface area (Å²) in [6.45, 7) is 4.41. The highest BCUT2D eigenvalue weighted by atomic mass is 16.5. The van der Waals surface area contributed by atoms with E-state index in [1.54, 1.807) is 6.26 Å². The average Bonchev–Trinajstić information content (AvgIpc) is 2.27. The molecule has 0 saturated carbocycles. The van der Waals surface area contributed by atoms with Gasteiger partial charge in [-0.15, -0.1) is 0 Å². The summed E-state index contributed by atoms with van der Waals surface area (Å²) in [5.74, 6) is -0.0813. The summed E-state index contributed by atoms with van der Waals surface area (Å²) in [4.78, 5) is 11.9. The van der Waals surface area contributed by atoms with E-state index in [9.17, 15) is 4.79 Å². The van der Waals surface area contributed by atoms with Gasteiger partial charge in [-0.05, 0) is 25.0 Å². The normalized spacial score (nSPS) is 13.8. The standard InChI is InChI=1S/C13H15NO2/c1-9(2)14-13(15)12-8-16-7-10-5-3-4-6-11(10)12/h3-6,8-9H,7H2,1-2H3,(H,14,15). The molecule has 2 rings (SSSR count). The first kappa shape index (κ1) is 10.7. The van der Waals surface area contributed by atoms with Gasteiger partial charge in [0.1, 0.15) is 6.61 Å². The van der Waals surface area contributed by atoms with E-state index < -0.39 is 0 Å². The number of fused-ring (bicyclic) bond motifs is 1. The first-order valence-electron chi connectivity index (χ1n) is 5.39. The van der Waals surface area contributed by atoms with Gasteiger partial charge in [-0.1, -0.05) is 24.3 Å². The highest BCUT2D eigenvalue weighted by Crippen LogP contribution is 2.24. The molecule has 0 aromatic heterocycles. The molecule has 84 valence electrons. The molecular weight excluding hydrogens is 202 g/mol. The summed E-state index contributed by atoms with van der Waals surface area (Å²) in [7, 11) is 0. The van der Waals surface area contributed by atoms with Crippen molar-refractivity contribution >= 4 is 11.5 Å². The lowest BCUT2D eigenvalue weighted by molar-refractivity contribution is -0.116. The molecule has 0 spiro atoms. The Morgan fingerprint density at radius 2 is 2.12 bits per heavy atom. The highest BCUT2D eigenvalue weighted by Gasteiger charge is 2.19. The van der Waals surface area contributed by atoms with Crippen molar-refractivity contribution in [2.24, 2.45) is 0 Å². The second-order valence-corrected chi connectivity index (χ2v) is 4.13. The fraction of sp³-hybridized carbons (Fsp3) is 0.308. The fourth-order valence-electron chi connectivity index (χ4n) is 1.70. The SMILES string of the molecule is CC(C)NC(=O)C1=COCc2ccccc21. The zero-order chi connectivity index (χ0) is 11.5. The second kappa shape index (κ2) is 4.39. The van der Waals surface area contributed by atoms with Crippen LogP contribution < -0.4 is 5.32 Å². The van der Waals surface area contributed by atoms with Crippen LogP contribution in [0.25, 0.3) is 5.57 Å². The Labute approximate surface area is 95.1 Å². The summed E-state index contributed by atoms with van der Waals surface area (Å²) in [6.07, 6.45) is 1.54. The summed E-state index contributed by atoms with van der Waals surface area (Å²) < 4.78 is 5.29. The molecule has 1 N–H and O–H groups in total. The van der Waals surface area contributed by atoms with E-state index in [1.165, 1.54) is 0 Å². The van der Waals surface area contributed by atoms with Crippen LogP contribution in [0, 0.1) is 0 Å². The van der Waals surface area contributed by atoms with Gasteiger partial charge in [-0.3, -0.25) is 4.79 Å². The van der Waals surface area contributed by atoms with E-state index in [2.05, 4.69) is 5.32 Å². The fourth-order valence-corrected chi connectivity index (χ4v) is 1.70. The molecule has 1 aromatic rings. The summed E-state index contributed by atoms with van der Waals surface area (Å²) >= 11 is 0. The van der Waals surface area contributed by atoms with Crippen molar-refractivity contribution in [3.8, 4) is 0 Å². The van der Waals surface area contributed by atoms with Crippen molar-refractivity contribution in [3.05, 3.63) is 41.7 Å². The van der Waals surface area contributed by atoms with E-state index in [0.29, 0.717) is 12.2 Å². The van der Waals surface area contributed by atoms with Crippen molar-refractivity contribution in [1.29, 1.82) is 0 Å². The maximum absolute atomic E-state index is 11.9. The summed E-state index contributed by atoms with van der Waals surface area (Å²) in [5, 5.41) is 2.87. The topological polar surface area (TPSA) is 38.3 Å². The van der Waals surface area contributed by atoms with Crippen molar-refractivity contribution in [2.45, 2.75) is 26.5 Å². The number of nitrogens with one attached hydrogen (secondary N) is 1. The second-order valence-electron chi connectivity index (χ2n) is 4.13. The maximum atomic E-state index is 11.9. The number of rotatable bonds is 2. The first-order valence-corrected chi connectivity index (χ1v) is 5.39. The molecule has 3 heteroatoms. The van der Waals surface area contributed by atoms with Gasteiger partial charge in [0.25, 0.3) is 5.91 Å². The Balaban J connectivity index is 2.29. The third kappa shape index (κ3) is 2.08. The Morgan fingerprint density at radius 1 is 1.38 bits per heavy atom. The van der Waals surface area contributed by atoms with Crippen molar-refractivity contribution < 1.29 is 9.53 Å². The minimum atomic E-state index is -0.0813. The highest BCUT2D eigenvalue weighted by molar-refractivity contribution is 6.19. The Hall–Kier alpha value is -1.77. The van der Waals surface area contributed by atoms with Crippen LogP contribution in [0.3, 0.4) is 0 Å². The van der Waals surface area contributed by atoms with Crippen LogP contribution >= 0.6 is 0 Å². The van der Waals surface area contributed by atoms with Crippen LogP contribution in [0.4, 0.5) is 0 Å². The molecule has 3 nitrogen and oxygen atoms in total. The van der Waals surface area contributed by atoms with E-state index in [4.69, 9.17) is 4.74 Å². The minimum Gasteiger partial charge on any atom is -0.496 e. The number of amides is 1. The zero-order valence-electron chi connectivity index (χ0n) is 9.49. The molecule has 1 heterocycles. The molecule has 0 saturated heterocycles. The predicted octanol–water partition coefficient (Wildman–Crippen LogP) is 2.08. The quantitative estimate of drug-likeness (QED) is 0.823. The van der Waals surface area contributed by atoms with Crippen molar-refractivity contribution in [3.63, 3.8) is 0 Å². The number of carbonyl (C=O) groups excluding carboxylic acids is 1. The monoisotopic (exact) mass is 217 g/mol. The summed E-state index contributed by atoms with van der Waals surface area (Å²) in [6, 6.07) is 7.93. The lowest BCUT2D eigenvalue weighted by Crippen LogP contribution is -2.31. The van der Waals surface area contributed by atoms with Crippen LogP contribution in [-0.4, -0.2) is 11.9 Å². The van der Waals surface area contributed by atoms with Gasteiger partial charge in [0.15, 0.2) is 0 Å². The van der Waals surface area contributed by atoms with Gasteiger partial charge in [0.2, 0.25) is 0 Å². The smallest absolute Gasteiger partial charge is 0.255 e. The van der Waals surface area contributed by atoms with Crippen LogP contribution in [0.5, 0.6) is 0 Å². The van der Waals surface area contributed by atoms with Gasteiger partial charge in [-0.2, -0.15) is 0 Å². The van der Waals surface area contributed by atoms with Crippen LogP contribution in [0.2, 0.25) is 0 Å². The predicted molar refractivity (Wildman–Crippen MR) is 62.5 cm³/mol. The van der Waals surface area contributed by atoms with E-state index in [1.807, 2.05) is 38.1 Å². The number of benzene rings is 1. The third-order valence-corrected chi connectivity index (χ3v) is 2.41. The largest absolute Gasteiger partial charge is 0.496 e. The van der Waals surface area contributed by atoms with Crippen molar-refractivity contribution in [2.75, 3.05) is 0 Å². The first-order chi connectivity index (χ1) is 7.68. The minimum absolute atomic E-state index is 0.0813. The van der Waals surface area contributed by atoms with E-state index in [-0.39, 0.29) is 11.9 Å². The third-order valence-electron chi connectivity index (χ3n) is 2.41. The molecular formula is C13H15NO2. The number of hydrogen-bond acceptors (Lipinski definition) is 2. The molecule has 16 heavy (non-hydrogen) atoms. The zero-order valence-corrected chi connectivity index (χ0v) is 9.49. The Kier molecular flexibility index (Phi) is 2.95. The van der Waals surface area contributed by atoms with Crippen LogP contribution in [0.15, 0.2) is 30.5 Å². The molecule has 1 aliphatic rings. The van der Waals surface area contributed by atoms with Gasteiger partial charge in [0, 0.05) is 6.04 Å². The molecule has 0 atom stereocenters. The molecule has 0 fully saturated rings. The number of hydrogen-bond donors (Lipinski definition) is 1. The van der Waals surface area contributed by atoms with Crippen LogP contribution in [-0.2, 0) is 16.1 Å². The lowest BCUT2D eigenvalue weighted by atomic mass is 9.99. The van der Waals surface area contributed by atoms with Gasteiger partial charge in [0.05, 0.1) is 11.8 Å².